The van der Waals surface area contributed by atoms with Crippen LogP contribution >= 0.6 is 35.3 Å². The molecule has 1 fully saturated rings. The van der Waals surface area contributed by atoms with Crippen molar-refractivity contribution in [2.45, 2.75) is 78.9 Å². The molecule has 1 saturated heterocycles. The van der Waals surface area contributed by atoms with E-state index in [4.69, 9.17) is 9.73 Å². The standard InChI is InChI=1S/C21H37N5O2S.HI/c1-7-22-21(23-13-15(4)26-12-10-9-11-14(26)3)25-17(6)19-24-16(5)18(29-19)20(27)28-8-2;/h14-15,17H,7-13H2,1-6H3,(H2,22,23,25);1H. The van der Waals surface area contributed by atoms with Crippen molar-refractivity contribution in [1.82, 2.24) is 20.5 Å². The van der Waals surface area contributed by atoms with Crippen LogP contribution in [0.15, 0.2) is 4.99 Å². The zero-order chi connectivity index (χ0) is 21.4. The van der Waals surface area contributed by atoms with E-state index < -0.39 is 0 Å². The minimum absolute atomic E-state index is 0. The van der Waals surface area contributed by atoms with Gasteiger partial charge in [-0.1, -0.05) is 6.42 Å². The molecule has 2 heterocycles. The fraction of sp³-hybridized carbons (Fsp3) is 0.762. The second-order valence-corrected chi connectivity index (χ2v) is 8.74. The van der Waals surface area contributed by atoms with E-state index in [2.05, 4.69) is 41.3 Å². The lowest BCUT2D eigenvalue weighted by atomic mass is 10.0. The number of nitrogens with one attached hydrogen (secondary N) is 2. The Morgan fingerprint density at radius 2 is 2.10 bits per heavy atom. The highest BCUT2D eigenvalue weighted by Gasteiger charge is 2.23. The molecule has 0 saturated carbocycles. The van der Waals surface area contributed by atoms with Crippen LogP contribution in [0.5, 0.6) is 0 Å². The highest BCUT2D eigenvalue weighted by Crippen LogP contribution is 2.24. The molecule has 9 heteroatoms. The molecule has 1 aromatic heterocycles. The van der Waals surface area contributed by atoms with Crippen LogP contribution in [-0.2, 0) is 4.74 Å². The van der Waals surface area contributed by atoms with Gasteiger partial charge in [-0.05, 0) is 60.9 Å². The van der Waals surface area contributed by atoms with E-state index in [1.165, 1.54) is 30.6 Å². The summed E-state index contributed by atoms with van der Waals surface area (Å²) in [6.07, 6.45) is 3.88. The number of carbonyl (C=O) groups excluding carboxylic acids is 1. The summed E-state index contributed by atoms with van der Waals surface area (Å²) in [6, 6.07) is 0.987. The summed E-state index contributed by atoms with van der Waals surface area (Å²) >= 11 is 1.38. The van der Waals surface area contributed by atoms with Gasteiger partial charge in [0.1, 0.15) is 9.88 Å². The van der Waals surface area contributed by atoms with Gasteiger partial charge in [0.05, 0.1) is 24.9 Å². The first kappa shape index (κ1) is 27.1. The van der Waals surface area contributed by atoms with Crippen molar-refractivity contribution >= 4 is 47.2 Å². The third kappa shape index (κ3) is 7.64. The lowest BCUT2D eigenvalue weighted by Crippen LogP contribution is -2.46. The molecule has 0 bridgehead atoms. The average molecular weight is 552 g/mol. The third-order valence-electron chi connectivity index (χ3n) is 5.28. The highest BCUT2D eigenvalue weighted by atomic mass is 127. The average Bonchev–Trinajstić information content (AvgIpc) is 3.08. The van der Waals surface area contributed by atoms with E-state index in [1.807, 2.05) is 20.8 Å². The summed E-state index contributed by atoms with van der Waals surface area (Å²) in [5.41, 5.74) is 0.715. The lowest BCUT2D eigenvalue weighted by molar-refractivity contribution is 0.0531. The summed E-state index contributed by atoms with van der Waals surface area (Å²) in [4.78, 5) is 24.6. The number of aliphatic imine (C=N–C) groups is 1. The molecule has 2 N–H and O–H groups in total. The predicted octanol–water partition coefficient (Wildman–Crippen LogP) is 4.13. The molecule has 0 aliphatic carbocycles. The van der Waals surface area contributed by atoms with E-state index in [0.717, 1.165) is 30.6 Å². The monoisotopic (exact) mass is 551 g/mol. The van der Waals surface area contributed by atoms with Gasteiger partial charge in [0.25, 0.3) is 0 Å². The Labute approximate surface area is 202 Å². The molecule has 172 valence electrons. The van der Waals surface area contributed by atoms with Crippen LogP contribution in [0.1, 0.15) is 80.3 Å². The van der Waals surface area contributed by atoms with Gasteiger partial charge in [-0.2, -0.15) is 0 Å². The topological polar surface area (TPSA) is 78.9 Å². The highest BCUT2D eigenvalue weighted by molar-refractivity contribution is 14.0. The molecule has 0 amide bonds. The Balaban J connectivity index is 0.00000450. The minimum atomic E-state index is -0.300. The molecule has 7 nitrogen and oxygen atoms in total. The minimum Gasteiger partial charge on any atom is -0.462 e. The van der Waals surface area contributed by atoms with Gasteiger partial charge < -0.3 is 15.4 Å². The number of thiazole rings is 1. The number of esters is 1. The number of aryl methyl sites for hydroxylation is 1. The molecule has 30 heavy (non-hydrogen) atoms. The van der Waals surface area contributed by atoms with Crippen LogP contribution in [-0.4, -0.2) is 60.1 Å². The zero-order valence-electron chi connectivity index (χ0n) is 19.2. The number of likely N-dealkylation sites (tertiary alicyclic amines) is 1. The summed E-state index contributed by atoms with van der Waals surface area (Å²) < 4.78 is 5.12. The molecule has 1 aliphatic rings. The number of carbonyl (C=O) groups is 1. The molecule has 3 unspecified atom stereocenters. The Morgan fingerprint density at radius 1 is 1.37 bits per heavy atom. The second kappa shape index (κ2) is 13.5. The molecule has 0 spiro atoms. The van der Waals surface area contributed by atoms with Crippen LogP contribution in [0.4, 0.5) is 0 Å². The fourth-order valence-electron chi connectivity index (χ4n) is 3.68. The molecule has 0 aromatic carbocycles. The van der Waals surface area contributed by atoms with E-state index >= 15 is 0 Å². The first-order chi connectivity index (χ1) is 13.9. The maximum Gasteiger partial charge on any atom is 0.350 e. The van der Waals surface area contributed by atoms with Gasteiger partial charge in [0.15, 0.2) is 5.96 Å². The number of piperidine rings is 1. The quantitative estimate of drug-likeness (QED) is 0.219. The molecule has 3 atom stereocenters. The SMILES string of the molecule is CCNC(=NCC(C)N1CCCCC1C)NC(C)c1nc(C)c(C(=O)OCC)s1.I. The molecule has 1 aromatic rings. The van der Waals surface area contributed by atoms with Gasteiger partial charge in [0.2, 0.25) is 0 Å². The van der Waals surface area contributed by atoms with Gasteiger partial charge >= 0.3 is 5.97 Å². The number of hydrogen-bond acceptors (Lipinski definition) is 6. The fourth-order valence-corrected chi connectivity index (χ4v) is 4.64. The van der Waals surface area contributed by atoms with Crippen molar-refractivity contribution in [3.8, 4) is 0 Å². The maximum absolute atomic E-state index is 12.1. The lowest BCUT2D eigenvalue weighted by Gasteiger charge is -2.37. The van der Waals surface area contributed by atoms with Gasteiger partial charge in [-0.25, -0.2) is 9.78 Å². The number of halogens is 1. The Hall–Kier alpha value is -0.940. The van der Waals surface area contributed by atoms with Gasteiger partial charge in [-0.15, -0.1) is 35.3 Å². The van der Waals surface area contributed by atoms with E-state index in [0.29, 0.717) is 29.3 Å². The number of ether oxygens (including phenoxy) is 1. The summed E-state index contributed by atoms with van der Waals surface area (Å²) in [5, 5.41) is 7.61. The van der Waals surface area contributed by atoms with Crippen LogP contribution in [0, 0.1) is 6.92 Å². The van der Waals surface area contributed by atoms with E-state index in [9.17, 15) is 4.79 Å². The number of guanidine groups is 1. The van der Waals surface area contributed by atoms with Crippen molar-refractivity contribution < 1.29 is 9.53 Å². The maximum atomic E-state index is 12.1. The summed E-state index contributed by atoms with van der Waals surface area (Å²) in [7, 11) is 0. The van der Waals surface area contributed by atoms with Gasteiger partial charge in [0, 0.05) is 18.6 Å². The molecular formula is C21H38IN5O2S. The molecule has 2 rings (SSSR count). The van der Waals surface area contributed by atoms with Crippen molar-refractivity contribution in [2.24, 2.45) is 4.99 Å². The first-order valence-corrected chi connectivity index (χ1v) is 11.6. The summed E-state index contributed by atoms with van der Waals surface area (Å²) in [5.74, 6) is 0.480. The van der Waals surface area contributed by atoms with Crippen molar-refractivity contribution in [3.63, 3.8) is 0 Å². The predicted molar refractivity (Wildman–Crippen MR) is 135 cm³/mol. The zero-order valence-corrected chi connectivity index (χ0v) is 22.3. The Morgan fingerprint density at radius 3 is 2.73 bits per heavy atom. The van der Waals surface area contributed by atoms with Crippen LogP contribution in [0.25, 0.3) is 0 Å². The van der Waals surface area contributed by atoms with Gasteiger partial charge in [-0.3, -0.25) is 9.89 Å². The number of rotatable bonds is 8. The number of hydrogen-bond donors (Lipinski definition) is 2. The number of nitrogens with zero attached hydrogens (tertiary/aromatic N) is 3. The van der Waals surface area contributed by atoms with Crippen molar-refractivity contribution in [2.75, 3.05) is 26.2 Å². The molecular weight excluding hydrogens is 513 g/mol. The molecule has 0 radical (unpaired) electrons. The molecule has 1 aliphatic heterocycles. The Kier molecular flexibility index (Phi) is 12.2. The smallest absolute Gasteiger partial charge is 0.350 e. The first-order valence-electron chi connectivity index (χ1n) is 10.8. The van der Waals surface area contributed by atoms with Crippen molar-refractivity contribution in [3.05, 3.63) is 15.6 Å². The Bertz CT molecular complexity index is 697. The van der Waals surface area contributed by atoms with E-state index in [1.54, 1.807) is 0 Å². The largest absolute Gasteiger partial charge is 0.462 e. The summed E-state index contributed by atoms with van der Waals surface area (Å²) in [6.45, 7) is 15.4. The van der Waals surface area contributed by atoms with E-state index in [-0.39, 0.29) is 36.0 Å². The van der Waals surface area contributed by atoms with Crippen LogP contribution in [0.2, 0.25) is 0 Å². The van der Waals surface area contributed by atoms with Crippen molar-refractivity contribution in [1.29, 1.82) is 0 Å². The third-order valence-corrected chi connectivity index (χ3v) is 6.60. The number of aromatic nitrogens is 1. The second-order valence-electron chi connectivity index (χ2n) is 7.70. The van der Waals surface area contributed by atoms with Crippen LogP contribution in [0.3, 0.4) is 0 Å². The normalized spacial score (nSPS) is 19.5. The van der Waals surface area contributed by atoms with Crippen LogP contribution < -0.4 is 10.6 Å².